The number of rotatable bonds is 6. The summed E-state index contributed by atoms with van der Waals surface area (Å²) in [4.78, 5) is 12.6. The van der Waals surface area contributed by atoms with Crippen LogP contribution in [0.25, 0.3) is 16.9 Å². The topological polar surface area (TPSA) is 49.3 Å². The van der Waals surface area contributed by atoms with E-state index in [9.17, 15) is 9.90 Å². The molecule has 0 spiro atoms. The molecule has 0 radical (unpaired) electrons. The average molecular weight is 375 g/mol. The van der Waals surface area contributed by atoms with Gasteiger partial charge >= 0.3 is 0 Å². The number of anilines is 1. The maximum Gasteiger partial charge on any atom is 0.256 e. The minimum absolute atomic E-state index is 0.0552. The lowest BCUT2D eigenvalue weighted by Gasteiger charge is -2.09. The van der Waals surface area contributed by atoms with Crippen LogP contribution in [0.4, 0.5) is 5.00 Å². The number of amides is 1. The zero-order valence-electron chi connectivity index (χ0n) is 15.6. The molecule has 3 nitrogen and oxygen atoms in total. The molecule has 0 saturated carbocycles. The molecule has 0 fully saturated rings. The van der Waals surface area contributed by atoms with E-state index in [1.54, 1.807) is 0 Å². The summed E-state index contributed by atoms with van der Waals surface area (Å²) < 4.78 is 0. The normalized spacial score (nSPS) is 10.6. The van der Waals surface area contributed by atoms with Gasteiger partial charge in [0.2, 0.25) is 0 Å². The Morgan fingerprint density at radius 3 is 2.41 bits per heavy atom. The average Bonchev–Trinajstić information content (AvgIpc) is 3.07. The number of aliphatic hydroxyl groups is 1. The molecule has 2 aromatic carbocycles. The van der Waals surface area contributed by atoms with E-state index in [0.29, 0.717) is 16.1 Å². The molecule has 1 heterocycles. The Kier molecular flexibility index (Phi) is 5.82. The van der Waals surface area contributed by atoms with E-state index in [4.69, 9.17) is 0 Å². The summed E-state index contributed by atoms with van der Waals surface area (Å²) in [5.74, 6) is -0.252. The minimum Gasteiger partial charge on any atom is -0.508 e. The van der Waals surface area contributed by atoms with E-state index in [-0.39, 0.29) is 11.7 Å². The van der Waals surface area contributed by atoms with Crippen molar-refractivity contribution < 1.29 is 9.90 Å². The molecule has 27 heavy (non-hydrogen) atoms. The summed E-state index contributed by atoms with van der Waals surface area (Å²) in [6, 6.07) is 15.7. The summed E-state index contributed by atoms with van der Waals surface area (Å²) in [6.07, 6.45) is 2.08. The molecular weight excluding hydrogens is 353 g/mol. The smallest absolute Gasteiger partial charge is 0.256 e. The van der Waals surface area contributed by atoms with Crippen LogP contribution < -0.4 is 10.8 Å². The number of carbonyl (C=O) groups is 1. The van der Waals surface area contributed by atoms with Gasteiger partial charge in [0.15, 0.2) is 0 Å². The lowest BCUT2D eigenvalue weighted by molar-refractivity contribution is 0.102. The predicted octanol–water partition coefficient (Wildman–Crippen LogP) is 4.41. The zero-order chi connectivity index (χ0) is 19.4. The highest BCUT2D eigenvalue weighted by Gasteiger charge is 2.18. The van der Waals surface area contributed by atoms with Gasteiger partial charge in [-0.1, -0.05) is 61.8 Å². The SMILES string of the molecule is Bc1ccc(-c2csc(NC(=O)c3ccc(CCC)cc3)c2C(=C)O)cc1. The number of hydrogen-bond donors (Lipinski definition) is 2. The lowest BCUT2D eigenvalue weighted by Crippen LogP contribution is -2.12. The molecule has 2 N–H and O–H groups in total. The molecule has 0 saturated heterocycles. The highest BCUT2D eigenvalue weighted by atomic mass is 32.1. The minimum atomic E-state index is -0.196. The molecule has 0 aliphatic carbocycles. The first-order chi connectivity index (χ1) is 13.0. The molecule has 136 valence electrons. The summed E-state index contributed by atoms with van der Waals surface area (Å²) >= 11 is 1.39. The molecule has 0 unspecified atom stereocenters. The number of carbonyl (C=O) groups excluding carboxylic acids is 1. The van der Waals surface area contributed by atoms with Crippen molar-refractivity contribution in [2.75, 3.05) is 5.32 Å². The highest BCUT2D eigenvalue weighted by Crippen LogP contribution is 2.38. The van der Waals surface area contributed by atoms with Crippen LogP contribution in [0.15, 0.2) is 60.5 Å². The summed E-state index contributed by atoms with van der Waals surface area (Å²) in [6.45, 7) is 5.82. The van der Waals surface area contributed by atoms with Gasteiger partial charge in [-0.25, -0.2) is 0 Å². The van der Waals surface area contributed by atoms with Crippen molar-refractivity contribution in [1.29, 1.82) is 0 Å². The van der Waals surface area contributed by atoms with Crippen molar-refractivity contribution in [3.8, 4) is 11.1 Å². The standard InChI is InChI=1S/C22H22BNO2S/c1-3-4-15-5-7-17(8-6-15)21(26)24-22-20(14(2)25)19(13-27-22)16-9-11-18(23)12-10-16/h5-13,25H,2-4,23H2,1H3,(H,24,26). The van der Waals surface area contributed by atoms with Gasteiger partial charge in [0.05, 0.1) is 5.56 Å². The Morgan fingerprint density at radius 2 is 1.81 bits per heavy atom. The third kappa shape index (κ3) is 4.31. The Hall–Kier alpha value is -2.79. The van der Waals surface area contributed by atoms with Crippen LogP contribution in [-0.4, -0.2) is 18.9 Å². The van der Waals surface area contributed by atoms with Gasteiger partial charge in [-0.15, -0.1) is 11.3 Å². The molecule has 0 aliphatic rings. The van der Waals surface area contributed by atoms with Crippen molar-refractivity contribution in [3.05, 3.63) is 77.2 Å². The molecular formula is C22H22BNO2S. The predicted molar refractivity (Wildman–Crippen MR) is 118 cm³/mol. The number of nitrogens with one attached hydrogen (secondary N) is 1. The first-order valence-corrected chi connectivity index (χ1v) is 9.84. The molecule has 3 rings (SSSR count). The second kappa shape index (κ2) is 8.27. The van der Waals surface area contributed by atoms with E-state index >= 15 is 0 Å². The number of thiophene rings is 1. The summed E-state index contributed by atoms with van der Waals surface area (Å²) in [5.41, 5.74) is 5.39. The maximum atomic E-state index is 12.6. The third-order valence-electron chi connectivity index (χ3n) is 4.42. The fourth-order valence-corrected chi connectivity index (χ4v) is 3.96. The molecule has 0 bridgehead atoms. The molecule has 5 heteroatoms. The summed E-state index contributed by atoms with van der Waals surface area (Å²) in [7, 11) is 2.03. The van der Waals surface area contributed by atoms with Gasteiger partial charge in [0.25, 0.3) is 5.91 Å². The summed E-state index contributed by atoms with van der Waals surface area (Å²) in [5, 5.41) is 15.6. The number of aryl methyl sites for hydroxylation is 1. The lowest BCUT2D eigenvalue weighted by atomic mass is 9.93. The van der Waals surface area contributed by atoms with Crippen molar-refractivity contribution in [1.82, 2.24) is 0 Å². The molecule has 1 aromatic heterocycles. The van der Waals surface area contributed by atoms with Gasteiger partial charge in [-0.05, 0) is 29.7 Å². The van der Waals surface area contributed by atoms with Crippen LogP contribution in [0.3, 0.4) is 0 Å². The van der Waals surface area contributed by atoms with Gasteiger partial charge < -0.3 is 10.4 Å². The monoisotopic (exact) mass is 375 g/mol. The Balaban J connectivity index is 1.87. The Labute approximate surface area is 164 Å². The second-order valence-electron chi connectivity index (χ2n) is 6.57. The van der Waals surface area contributed by atoms with E-state index in [2.05, 4.69) is 18.8 Å². The van der Waals surface area contributed by atoms with Gasteiger partial charge in [0, 0.05) is 16.5 Å². The first-order valence-electron chi connectivity index (χ1n) is 8.96. The zero-order valence-corrected chi connectivity index (χ0v) is 16.4. The maximum absolute atomic E-state index is 12.6. The van der Waals surface area contributed by atoms with Crippen molar-refractivity contribution in [2.45, 2.75) is 19.8 Å². The molecule has 1 amide bonds. The third-order valence-corrected chi connectivity index (χ3v) is 5.32. The number of benzene rings is 2. The largest absolute Gasteiger partial charge is 0.508 e. The van der Waals surface area contributed by atoms with Crippen LogP contribution in [0.2, 0.25) is 0 Å². The molecule has 0 atom stereocenters. The molecule has 3 aromatic rings. The van der Waals surface area contributed by atoms with E-state index in [1.807, 2.05) is 61.8 Å². The number of hydrogen-bond acceptors (Lipinski definition) is 3. The van der Waals surface area contributed by atoms with Crippen LogP contribution in [-0.2, 0) is 6.42 Å². The van der Waals surface area contributed by atoms with Crippen LogP contribution >= 0.6 is 11.3 Å². The van der Waals surface area contributed by atoms with E-state index in [0.717, 1.165) is 24.0 Å². The Morgan fingerprint density at radius 1 is 1.15 bits per heavy atom. The van der Waals surface area contributed by atoms with Gasteiger partial charge in [-0.2, -0.15) is 0 Å². The number of aliphatic hydroxyl groups excluding tert-OH is 1. The van der Waals surface area contributed by atoms with Crippen LogP contribution in [0.5, 0.6) is 0 Å². The fraction of sp³-hybridized carbons (Fsp3) is 0.136. The van der Waals surface area contributed by atoms with Crippen LogP contribution in [0, 0.1) is 0 Å². The van der Waals surface area contributed by atoms with Crippen molar-refractivity contribution in [2.24, 2.45) is 0 Å². The van der Waals surface area contributed by atoms with E-state index in [1.165, 1.54) is 22.4 Å². The highest BCUT2D eigenvalue weighted by molar-refractivity contribution is 7.15. The van der Waals surface area contributed by atoms with Crippen LogP contribution in [0.1, 0.15) is 34.8 Å². The first kappa shape index (κ1) is 19.0. The second-order valence-corrected chi connectivity index (χ2v) is 7.45. The van der Waals surface area contributed by atoms with Gasteiger partial charge in [0.1, 0.15) is 18.6 Å². The quantitative estimate of drug-likeness (QED) is 0.495. The Bertz CT molecular complexity index is 959. The van der Waals surface area contributed by atoms with Gasteiger partial charge in [-0.3, -0.25) is 4.79 Å². The molecule has 0 aliphatic heterocycles. The van der Waals surface area contributed by atoms with Crippen molar-refractivity contribution in [3.63, 3.8) is 0 Å². The van der Waals surface area contributed by atoms with E-state index < -0.39 is 0 Å². The fourth-order valence-electron chi connectivity index (χ4n) is 2.97. The van der Waals surface area contributed by atoms with Crippen molar-refractivity contribution >= 4 is 41.3 Å².